The summed E-state index contributed by atoms with van der Waals surface area (Å²) in [5.74, 6) is 0. The third-order valence-electron chi connectivity index (χ3n) is 1.81. The van der Waals surface area contributed by atoms with Gasteiger partial charge in [-0.05, 0) is 18.7 Å². The minimum atomic E-state index is 0. The summed E-state index contributed by atoms with van der Waals surface area (Å²) in [4.78, 5) is 4.39. The van der Waals surface area contributed by atoms with Crippen molar-refractivity contribution in [3.8, 4) is 0 Å². The highest BCUT2D eigenvalue weighted by Gasteiger charge is 1.97. The van der Waals surface area contributed by atoms with E-state index in [-0.39, 0.29) is 24.8 Å². The molecule has 78 valence electrons. The van der Waals surface area contributed by atoms with Gasteiger partial charge in [0.05, 0.1) is 5.69 Å². The largest absolute Gasteiger partial charge is 1.00 e. The van der Waals surface area contributed by atoms with Gasteiger partial charge in [-0.3, -0.25) is 0 Å². The second-order valence-corrected chi connectivity index (χ2v) is 2.74. The maximum Gasteiger partial charge on any atom is 0.136 e. The molecule has 0 aromatic carbocycles. The van der Waals surface area contributed by atoms with Crippen LogP contribution in [0.25, 0.3) is 5.65 Å². The van der Waals surface area contributed by atoms with Crippen molar-refractivity contribution >= 4 is 5.65 Å². The molecule has 0 spiro atoms. The highest BCUT2D eigenvalue weighted by Crippen LogP contribution is 2.03. The SMILES string of the molecule is NCCc1cn2ccccc2n1.[Cl-].[Cl-]. The number of hydrogen-bond donors (Lipinski definition) is 1. The molecule has 2 N–H and O–H groups in total. The lowest BCUT2D eigenvalue weighted by molar-refractivity contribution is -0.00100. The van der Waals surface area contributed by atoms with Crippen LogP contribution in [-0.4, -0.2) is 15.9 Å². The lowest BCUT2D eigenvalue weighted by Crippen LogP contribution is -3.00. The van der Waals surface area contributed by atoms with Crippen LogP contribution in [-0.2, 0) is 6.42 Å². The van der Waals surface area contributed by atoms with Crippen molar-refractivity contribution in [1.29, 1.82) is 0 Å². The van der Waals surface area contributed by atoms with Gasteiger partial charge in [0, 0.05) is 18.8 Å². The maximum atomic E-state index is 5.43. The molecule has 0 saturated heterocycles. The van der Waals surface area contributed by atoms with Crippen LogP contribution in [0.3, 0.4) is 0 Å². The standard InChI is InChI=1S/C9H11N3.2ClH/c10-5-4-8-7-12-6-2-1-3-9(12)11-8;;/h1-3,6-7H,4-5,10H2;2*1H/p-2. The molecule has 0 unspecified atom stereocenters. The molecule has 0 atom stereocenters. The quantitative estimate of drug-likeness (QED) is 0.562. The van der Waals surface area contributed by atoms with Gasteiger partial charge in [0.1, 0.15) is 5.65 Å². The molecule has 5 heteroatoms. The number of fused-ring (bicyclic) bond motifs is 1. The van der Waals surface area contributed by atoms with Crippen molar-refractivity contribution in [1.82, 2.24) is 9.38 Å². The van der Waals surface area contributed by atoms with E-state index in [9.17, 15) is 0 Å². The third kappa shape index (κ3) is 2.61. The topological polar surface area (TPSA) is 43.3 Å². The van der Waals surface area contributed by atoms with E-state index in [0.717, 1.165) is 17.8 Å². The predicted octanol–water partition coefficient (Wildman–Crippen LogP) is -5.16. The van der Waals surface area contributed by atoms with Gasteiger partial charge in [0.15, 0.2) is 0 Å². The van der Waals surface area contributed by atoms with Crippen molar-refractivity contribution in [2.45, 2.75) is 6.42 Å². The summed E-state index contributed by atoms with van der Waals surface area (Å²) >= 11 is 0. The van der Waals surface area contributed by atoms with Gasteiger partial charge >= 0.3 is 0 Å². The van der Waals surface area contributed by atoms with Gasteiger partial charge in [-0.2, -0.15) is 0 Å². The van der Waals surface area contributed by atoms with Gasteiger partial charge < -0.3 is 34.9 Å². The van der Waals surface area contributed by atoms with E-state index in [2.05, 4.69) is 4.98 Å². The molecule has 0 aliphatic carbocycles. The first kappa shape index (κ1) is 13.2. The second-order valence-electron chi connectivity index (χ2n) is 2.74. The molecule has 2 aromatic heterocycles. The highest BCUT2D eigenvalue weighted by atomic mass is 35.5. The van der Waals surface area contributed by atoms with E-state index in [1.54, 1.807) is 0 Å². The zero-order chi connectivity index (χ0) is 8.39. The normalized spacial score (nSPS) is 9.21. The molecule has 0 radical (unpaired) electrons. The molecule has 14 heavy (non-hydrogen) atoms. The summed E-state index contributed by atoms with van der Waals surface area (Å²) in [6.07, 6.45) is 4.85. The van der Waals surface area contributed by atoms with Gasteiger partial charge in [0.25, 0.3) is 0 Å². The number of aromatic nitrogens is 2. The van der Waals surface area contributed by atoms with Crippen LogP contribution < -0.4 is 30.5 Å². The van der Waals surface area contributed by atoms with Gasteiger partial charge in [-0.1, -0.05) is 6.07 Å². The molecule has 0 amide bonds. The molecule has 0 aliphatic heterocycles. The number of pyridine rings is 1. The minimum Gasteiger partial charge on any atom is -1.00 e. The Bertz CT molecular complexity index is 353. The first-order chi connectivity index (χ1) is 5.90. The first-order valence-corrected chi connectivity index (χ1v) is 4.03. The summed E-state index contributed by atoms with van der Waals surface area (Å²) in [5, 5.41) is 0. The Labute approximate surface area is 95.1 Å². The average Bonchev–Trinajstić information content (AvgIpc) is 2.47. The lowest BCUT2D eigenvalue weighted by atomic mass is 10.3. The Balaban J connectivity index is 0.000000845. The van der Waals surface area contributed by atoms with Crippen molar-refractivity contribution in [2.75, 3.05) is 6.54 Å². The van der Waals surface area contributed by atoms with Gasteiger partial charge in [0.2, 0.25) is 0 Å². The first-order valence-electron chi connectivity index (χ1n) is 4.03. The van der Waals surface area contributed by atoms with Crippen LogP contribution in [0.4, 0.5) is 0 Å². The van der Waals surface area contributed by atoms with E-state index >= 15 is 0 Å². The minimum absolute atomic E-state index is 0. The summed E-state index contributed by atoms with van der Waals surface area (Å²) in [7, 11) is 0. The molecule has 2 rings (SSSR count). The molecule has 2 heterocycles. The molecular weight excluding hydrogens is 221 g/mol. The summed E-state index contributed by atoms with van der Waals surface area (Å²) in [6, 6.07) is 5.95. The fourth-order valence-electron chi connectivity index (χ4n) is 1.26. The van der Waals surface area contributed by atoms with Crippen LogP contribution in [0, 0.1) is 0 Å². The molecule has 0 fully saturated rings. The van der Waals surface area contributed by atoms with E-state index in [1.165, 1.54) is 0 Å². The fraction of sp³-hybridized carbons (Fsp3) is 0.222. The molecular formula is C9H11Cl2N3-2. The number of hydrogen-bond acceptors (Lipinski definition) is 2. The maximum absolute atomic E-state index is 5.43. The van der Waals surface area contributed by atoms with E-state index < -0.39 is 0 Å². The Hall–Kier alpha value is -0.770. The Kier molecular flexibility index (Phi) is 5.53. The Morgan fingerprint density at radius 2 is 2.07 bits per heavy atom. The zero-order valence-corrected chi connectivity index (χ0v) is 9.04. The smallest absolute Gasteiger partial charge is 0.136 e. The van der Waals surface area contributed by atoms with Gasteiger partial charge in [-0.25, -0.2) is 4.98 Å². The van der Waals surface area contributed by atoms with Crippen LogP contribution >= 0.6 is 0 Å². The van der Waals surface area contributed by atoms with Crippen molar-refractivity contribution in [3.63, 3.8) is 0 Å². The number of nitrogens with zero attached hydrogens (tertiary/aromatic N) is 2. The number of rotatable bonds is 2. The molecule has 3 nitrogen and oxygen atoms in total. The third-order valence-corrected chi connectivity index (χ3v) is 1.81. The molecule has 0 bridgehead atoms. The van der Waals surface area contributed by atoms with E-state index in [0.29, 0.717) is 6.54 Å². The summed E-state index contributed by atoms with van der Waals surface area (Å²) in [5.41, 5.74) is 7.48. The predicted molar refractivity (Wildman–Crippen MR) is 48.0 cm³/mol. The van der Waals surface area contributed by atoms with E-state index in [1.807, 2.05) is 35.0 Å². The Morgan fingerprint density at radius 1 is 1.29 bits per heavy atom. The number of halogens is 2. The Morgan fingerprint density at radius 3 is 2.71 bits per heavy atom. The average molecular weight is 232 g/mol. The zero-order valence-electron chi connectivity index (χ0n) is 7.53. The summed E-state index contributed by atoms with van der Waals surface area (Å²) in [6.45, 7) is 0.657. The number of nitrogens with two attached hydrogens (primary N) is 1. The molecule has 2 aromatic rings. The van der Waals surface area contributed by atoms with Crippen LogP contribution in [0.1, 0.15) is 5.69 Å². The monoisotopic (exact) mass is 231 g/mol. The lowest BCUT2D eigenvalue weighted by Gasteiger charge is -1.86. The molecule has 0 aliphatic rings. The van der Waals surface area contributed by atoms with Crippen LogP contribution in [0.5, 0.6) is 0 Å². The molecule has 0 saturated carbocycles. The van der Waals surface area contributed by atoms with Crippen molar-refractivity contribution in [3.05, 3.63) is 36.3 Å². The van der Waals surface area contributed by atoms with E-state index in [4.69, 9.17) is 5.73 Å². The number of imidazole rings is 1. The highest BCUT2D eigenvalue weighted by molar-refractivity contribution is 5.39. The van der Waals surface area contributed by atoms with Crippen molar-refractivity contribution in [2.24, 2.45) is 5.73 Å². The van der Waals surface area contributed by atoms with Gasteiger partial charge in [-0.15, -0.1) is 0 Å². The van der Waals surface area contributed by atoms with Crippen molar-refractivity contribution < 1.29 is 24.8 Å². The summed E-state index contributed by atoms with van der Waals surface area (Å²) < 4.78 is 2.00. The van der Waals surface area contributed by atoms with Crippen LogP contribution in [0.15, 0.2) is 30.6 Å². The second kappa shape index (κ2) is 5.86. The van der Waals surface area contributed by atoms with Crippen LogP contribution in [0.2, 0.25) is 0 Å². The fourth-order valence-corrected chi connectivity index (χ4v) is 1.26.